The molecule has 0 radical (unpaired) electrons. The van der Waals surface area contributed by atoms with E-state index in [1.807, 2.05) is 41.1 Å². The van der Waals surface area contributed by atoms with E-state index >= 15 is 0 Å². The Morgan fingerprint density at radius 1 is 1.10 bits per heavy atom. The molecule has 0 unspecified atom stereocenters. The highest BCUT2D eigenvalue weighted by Crippen LogP contribution is 2.40. The van der Waals surface area contributed by atoms with E-state index in [9.17, 15) is 0 Å². The lowest BCUT2D eigenvalue weighted by molar-refractivity contribution is 0.917. The summed E-state index contributed by atoms with van der Waals surface area (Å²) in [6.07, 6.45) is 10.8. The van der Waals surface area contributed by atoms with Crippen LogP contribution in [-0.2, 0) is 19.4 Å². The molecule has 8 heteroatoms. The standard InChI is InChI=1S/C22H17ClN6S/c23-14-6-7-18-26-15(12-29(18)11-14)10-25-21-19-16-4-1-5-17(16)30-22(19)28-20(27-21)13-3-2-8-24-9-13/h2-3,6-9,11-12H,1,4-5,10H2,(H,25,27,28). The molecule has 1 N–H and O–H groups in total. The monoisotopic (exact) mass is 432 g/mol. The number of hydrogen-bond acceptors (Lipinski definition) is 6. The smallest absolute Gasteiger partial charge is 0.164 e. The maximum atomic E-state index is 6.10. The third kappa shape index (κ3) is 3.02. The van der Waals surface area contributed by atoms with Crippen LogP contribution in [0.1, 0.15) is 22.6 Å². The second kappa shape index (κ2) is 7.04. The summed E-state index contributed by atoms with van der Waals surface area (Å²) in [7, 11) is 0. The first-order chi connectivity index (χ1) is 14.7. The number of aryl methyl sites for hydroxylation is 2. The van der Waals surface area contributed by atoms with Crippen LogP contribution in [0.4, 0.5) is 5.82 Å². The molecular formula is C22H17ClN6S. The quantitative estimate of drug-likeness (QED) is 0.425. The SMILES string of the molecule is Clc1ccc2nc(CNc3nc(-c4cccnc4)nc4sc5c(c34)CCC5)cn2c1. The molecule has 6 nitrogen and oxygen atoms in total. The van der Waals surface area contributed by atoms with Gasteiger partial charge in [-0.2, -0.15) is 0 Å². The molecule has 5 aromatic rings. The molecular weight excluding hydrogens is 416 g/mol. The number of pyridine rings is 2. The van der Waals surface area contributed by atoms with Gasteiger partial charge < -0.3 is 9.72 Å². The van der Waals surface area contributed by atoms with Crippen molar-refractivity contribution in [2.45, 2.75) is 25.8 Å². The van der Waals surface area contributed by atoms with Crippen LogP contribution in [0.2, 0.25) is 5.02 Å². The Morgan fingerprint density at radius 2 is 2.07 bits per heavy atom. The van der Waals surface area contributed by atoms with Gasteiger partial charge in [-0.1, -0.05) is 11.6 Å². The minimum atomic E-state index is 0.572. The average Bonchev–Trinajstić information content (AvgIpc) is 3.46. The average molecular weight is 433 g/mol. The summed E-state index contributed by atoms with van der Waals surface area (Å²) >= 11 is 7.89. The summed E-state index contributed by atoms with van der Waals surface area (Å²) in [4.78, 5) is 21.1. The topological polar surface area (TPSA) is 68.0 Å². The number of halogens is 1. The molecule has 5 heterocycles. The number of rotatable bonds is 4. The van der Waals surface area contributed by atoms with Crippen molar-refractivity contribution in [3.8, 4) is 11.4 Å². The van der Waals surface area contributed by atoms with E-state index in [2.05, 4.69) is 15.3 Å². The van der Waals surface area contributed by atoms with Crippen LogP contribution in [0.5, 0.6) is 0 Å². The number of nitrogens with zero attached hydrogens (tertiary/aromatic N) is 5. The van der Waals surface area contributed by atoms with Gasteiger partial charge in [0.15, 0.2) is 5.82 Å². The zero-order valence-corrected chi connectivity index (χ0v) is 17.5. The van der Waals surface area contributed by atoms with Gasteiger partial charge in [0.05, 0.1) is 22.6 Å². The maximum absolute atomic E-state index is 6.10. The lowest BCUT2D eigenvalue weighted by atomic mass is 10.2. The van der Waals surface area contributed by atoms with Crippen LogP contribution in [0.15, 0.2) is 49.1 Å². The van der Waals surface area contributed by atoms with Crippen molar-refractivity contribution in [2.75, 3.05) is 5.32 Å². The van der Waals surface area contributed by atoms with Gasteiger partial charge in [0.25, 0.3) is 0 Å². The molecule has 0 bridgehead atoms. The third-order valence-electron chi connectivity index (χ3n) is 5.39. The van der Waals surface area contributed by atoms with Crippen molar-refractivity contribution in [1.29, 1.82) is 0 Å². The van der Waals surface area contributed by atoms with Crippen LogP contribution in [0.3, 0.4) is 0 Å². The van der Waals surface area contributed by atoms with Gasteiger partial charge in [-0.25, -0.2) is 15.0 Å². The van der Waals surface area contributed by atoms with Gasteiger partial charge in [-0.15, -0.1) is 11.3 Å². The van der Waals surface area contributed by atoms with Crippen molar-refractivity contribution in [2.24, 2.45) is 0 Å². The van der Waals surface area contributed by atoms with E-state index in [-0.39, 0.29) is 0 Å². The van der Waals surface area contributed by atoms with Crippen LogP contribution in [0.25, 0.3) is 27.3 Å². The summed E-state index contributed by atoms with van der Waals surface area (Å²) in [5.74, 6) is 1.56. The molecule has 0 spiro atoms. The van der Waals surface area contributed by atoms with Gasteiger partial charge in [-0.05, 0) is 49.1 Å². The number of anilines is 1. The molecule has 0 fully saturated rings. The third-order valence-corrected chi connectivity index (χ3v) is 6.80. The number of hydrogen-bond donors (Lipinski definition) is 1. The minimum Gasteiger partial charge on any atom is -0.364 e. The molecule has 30 heavy (non-hydrogen) atoms. The minimum absolute atomic E-state index is 0.572. The molecule has 0 amide bonds. The number of imidazole rings is 1. The fourth-order valence-electron chi connectivity index (χ4n) is 4.02. The Morgan fingerprint density at radius 3 is 2.97 bits per heavy atom. The second-order valence-electron chi connectivity index (χ2n) is 7.37. The molecule has 0 aliphatic heterocycles. The first-order valence-electron chi connectivity index (χ1n) is 9.84. The first kappa shape index (κ1) is 17.8. The van der Waals surface area contributed by atoms with E-state index in [1.54, 1.807) is 23.7 Å². The maximum Gasteiger partial charge on any atom is 0.164 e. The summed E-state index contributed by atoms with van der Waals surface area (Å²) in [6.45, 7) is 0.572. The van der Waals surface area contributed by atoms with Crippen molar-refractivity contribution in [3.63, 3.8) is 0 Å². The van der Waals surface area contributed by atoms with Crippen LogP contribution in [-0.4, -0.2) is 24.3 Å². The second-order valence-corrected chi connectivity index (χ2v) is 8.89. The van der Waals surface area contributed by atoms with Gasteiger partial charge in [0, 0.05) is 35.2 Å². The fraction of sp³-hybridized carbons (Fsp3) is 0.182. The molecule has 5 aromatic heterocycles. The van der Waals surface area contributed by atoms with Crippen LogP contribution >= 0.6 is 22.9 Å². The molecule has 6 rings (SSSR count). The fourth-order valence-corrected chi connectivity index (χ4v) is 5.45. The van der Waals surface area contributed by atoms with Crippen LogP contribution < -0.4 is 5.32 Å². The predicted molar refractivity (Wildman–Crippen MR) is 120 cm³/mol. The van der Waals surface area contributed by atoms with Gasteiger partial charge in [0.1, 0.15) is 16.3 Å². The number of fused-ring (bicyclic) bond motifs is 4. The van der Waals surface area contributed by atoms with Crippen molar-refractivity contribution in [1.82, 2.24) is 24.3 Å². The molecule has 1 aliphatic rings. The molecule has 0 saturated heterocycles. The largest absolute Gasteiger partial charge is 0.364 e. The zero-order valence-electron chi connectivity index (χ0n) is 16.0. The number of aromatic nitrogens is 5. The summed E-state index contributed by atoms with van der Waals surface area (Å²) < 4.78 is 1.94. The first-order valence-corrected chi connectivity index (χ1v) is 11.0. The highest BCUT2D eigenvalue weighted by atomic mass is 35.5. The highest BCUT2D eigenvalue weighted by molar-refractivity contribution is 7.19. The van der Waals surface area contributed by atoms with E-state index in [0.29, 0.717) is 17.4 Å². The van der Waals surface area contributed by atoms with E-state index in [0.717, 1.165) is 45.8 Å². The normalized spacial score (nSPS) is 13.2. The molecule has 0 aromatic carbocycles. The van der Waals surface area contributed by atoms with Crippen molar-refractivity contribution in [3.05, 3.63) is 70.2 Å². The number of thiophene rings is 1. The Kier molecular flexibility index (Phi) is 4.17. The number of nitrogens with one attached hydrogen (secondary N) is 1. The zero-order chi connectivity index (χ0) is 20.1. The van der Waals surface area contributed by atoms with Gasteiger partial charge in [-0.3, -0.25) is 4.98 Å². The van der Waals surface area contributed by atoms with Crippen molar-refractivity contribution >= 4 is 44.6 Å². The lowest BCUT2D eigenvalue weighted by Crippen LogP contribution is -2.04. The Balaban J connectivity index is 1.42. The Hall–Kier alpha value is -3.03. The van der Waals surface area contributed by atoms with Gasteiger partial charge >= 0.3 is 0 Å². The lowest BCUT2D eigenvalue weighted by Gasteiger charge is -2.09. The molecule has 1 aliphatic carbocycles. The Bertz CT molecular complexity index is 1390. The van der Waals surface area contributed by atoms with E-state index < -0.39 is 0 Å². The van der Waals surface area contributed by atoms with E-state index in [1.165, 1.54) is 16.9 Å². The summed E-state index contributed by atoms with van der Waals surface area (Å²) in [5, 5.41) is 5.38. The highest BCUT2D eigenvalue weighted by Gasteiger charge is 2.22. The van der Waals surface area contributed by atoms with E-state index in [4.69, 9.17) is 21.6 Å². The summed E-state index contributed by atoms with van der Waals surface area (Å²) in [5.41, 5.74) is 4.12. The molecule has 0 saturated carbocycles. The Labute approximate surface area is 181 Å². The van der Waals surface area contributed by atoms with Gasteiger partial charge in [0.2, 0.25) is 0 Å². The molecule has 148 valence electrons. The predicted octanol–water partition coefficient (Wildman–Crippen LogP) is 5.16. The summed E-state index contributed by atoms with van der Waals surface area (Å²) in [6, 6.07) is 7.67. The van der Waals surface area contributed by atoms with Crippen LogP contribution in [0, 0.1) is 0 Å². The molecule has 0 atom stereocenters. The van der Waals surface area contributed by atoms with Crippen molar-refractivity contribution < 1.29 is 0 Å².